The smallest absolute Gasteiger partial charge is 0.305 e. The first-order valence-corrected chi connectivity index (χ1v) is 12.5. The van der Waals surface area contributed by atoms with Crippen LogP contribution in [-0.4, -0.2) is 44.9 Å². The standard InChI is InChI=1S/C31H32N2O6/c1-19-24(14-20-15-27(38-3)31(28(16-20)39-4)32-13-12-30(35)36)23-11-10-22(37-2)17-26(23)25(19)18-29(34)33-21-8-6-5-7-9-21/h5-11,14-17,32H,12-13,18H2,1-4H3,(H,33,34)(H,35,36). The summed E-state index contributed by atoms with van der Waals surface area (Å²) in [7, 11) is 4.73. The van der Waals surface area contributed by atoms with E-state index >= 15 is 0 Å². The fourth-order valence-electron chi connectivity index (χ4n) is 4.65. The van der Waals surface area contributed by atoms with Gasteiger partial charge in [0.05, 0.1) is 34.2 Å². The Morgan fingerprint density at radius 2 is 1.59 bits per heavy atom. The van der Waals surface area contributed by atoms with Gasteiger partial charge in [0, 0.05) is 12.2 Å². The number of carbonyl (C=O) groups excluding carboxylic acids is 1. The van der Waals surface area contributed by atoms with Crippen molar-refractivity contribution >= 4 is 40.5 Å². The first kappa shape index (κ1) is 27.3. The molecule has 0 unspecified atom stereocenters. The zero-order valence-corrected chi connectivity index (χ0v) is 22.5. The van der Waals surface area contributed by atoms with Crippen molar-refractivity contribution in [2.24, 2.45) is 0 Å². The van der Waals surface area contributed by atoms with Crippen LogP contribution < -0.4 is 24.8 Å². The highest BCUT2D eigenvalue weighted by Crippen LogP contribution is 2.46. The van der Waals surface area contributed by atoms with Gasteiger partial charge in [-0.3, -0.25) is 9.59 Å². The fourth-order valence-corrected chi connectivity index (χ4v) is 4.65. The number of carboxylic acids is 1. The number of rotatable bonds is 11. The summed E-state index contributed by atoms with van der Waals surface area (Å²) >= 11 is 0. The Bertz CT molecular complexity index is 1420. The summed E-state index contributed by atoms with van der Waals surface area (Å²) in [5.41, 5.74) is 7.01. The van der Waals surface area contributed by atoms with Crippen molar-refractivity contribution in [2.45, 2.75) is 19.8 Å². The van der Waals surface area contributed by atoms with Crippen LogP contribution in [0.5, 0.6) is 17.2 Å². The molecule has 3 aromatic carbocycles. The van der Waals surface area contributed by atoms with Gasteiger partial charge in [0.1, 0.15) is 22.9 Å². The Labute approximate surface area is 227 Å². The number of para-hydroxylation sites is 1. The molecule has 1 amide bonds. The molecule has 0 fully saturated rings. The van der Waals surface area contributed by atoms with Crippen LogP contribution in [-0.2, 0) is 9.59 Å². The van der Waals surface area contributed by atoms with Gasteiger partial charge < -0.3 is 30.0 Å². The van der Waals surface area contributed by atoms with Crippen LogP contribution in [0, 0.1) is 0 Å². The van der Waals surface area contributed by atoms with Gasteiger partial charge in [-0.2, -0.15) is 0 Å². The predicted molar refractivity (Wildman–Crippen MR) is 153 cm³/mol. The molecule has 0 saturated heterocycles. The largest absolute Gasteiger partial charge is 0.497 e. The number of carboxylic acid groups (broad SMARTS) is 1. The first-order valence-electron chi connectivity index (χ1n) is 12.5. The van der Waals surface area contributed by atoms with Gasteiger partial charge in [-0.05, 0) is 82.8 Å². The molecule has 1 aliphatic carbocycles. The molecule has 0 saturated carbocycles. The number of nitrogens with one attached hydrogen (secondary N) is 2. The summed E-state index contributed by atoms with van der Waals surface area (Å²) in [6.07, 6.45) is 2.20. The zero-order chi connectivity index (χ0) is 27.9. The fraction of sp³-hybridized carbons (Fsp3) is 0.226. The lowest BCUT2D eigenvalue weighted by Crippen LogP contribution is -2.11. The third-order valence-electron chi connectivity index (χ3n) is 6.57. The van der Waals surface area contributed by atoms with Crippen molar-refractivity contribution in [1.82, 2.24) is 0 Å². The third kappa shape index (κ3) is 6.23. The second kappa shape index (κ2) is 12.2. The van der Waals surface area contributed by atoms with Crippen LogP contribution in [0.15, 0.2) is 66.2 Å². The maximum Gasteiger partial charge on any atom is 0.305 e. The van der Waals surface area contributed by atoms with E-state index in [-0.39, 0.29) is 25.3 Å². The molecule has 0 spiro atoms. The van der Waals surface area contributed by atoms with E-state index in [2.05, 4.69) is 10.6 Å². The molecular formula is C31H32N2O6. The highest BCUT2D eigenvalue weighted by Gasteiger charge is 2.26. The number of amides is 1. The number of anilines is 2. The Morgan fingerprint density at radius 3 is 2.21 bits per heavy atom. The molecule has 3 aromatic rings. The first-order chi connectivity index (χ1) is 18.8. The lowest BCUT2D eigenvalue weighted by molar-refractivity contribution is -0.136. The molecular weight excluding hydrogens is 496 g/mol. The molecule has 1 aliphatic rings. The van der Waals surface area contributed by atoms with Crippen LogP contribution >= 0.6 is 0 Å². The Morgan fingerprint density at radius 1 is 0.897 bits per heavy atom. The van der Waals surface area contributed by atoms with Crippen LogP contribution in [0.25, 0.3) is 17.2 Å². The topological polar surface area (TPSA) is 106 Å². The maximum atomic E-state index is 13.0. The number of benzene rings is 3. The number of hydrogen-bond acceptors (Lipinski definition) is 6. The molecule has 0 aliphatic heterocycles. The third-order valence-corrected chi connectivity index (χ3v) is 6.57. The van der Waals surface area contributed by atoms with E-state index in [1.165, 1.54) is 0 Å². The monoisotopic (exact) mass is 528 g/mol. The lowest BCUT2D eigenvalue weighted by atomic mass is 10.00. The number of carbonyl (C=O) groups is 2. The van der Waals surface area contributed by atoms with Crippen LogP contribution in [0.3, 0.4) is 0 Å². The predicted octanol–water partition coefficient (Wildman–Crippen LogP) is 5.96. The normalized spacial score (nSPS) is 13.2. The van der Waals surface area contributed by atoms with E-state index in [9.17, 15) is 9.59 Å². The molecule has 0 aromatic heterocycles. The Balaban J connectivity index is 1.72. The van der Waals surface area contributed by atoms with Gasteiger partial charge in [-0.25, -0.2) is 0 Å². The van der Waals surface area contributed by atoms with Crippen molar-refractivity contribution < 1.29 is 28.9 Å². The van der Waals surface area contributed by atoms with E-state index in [0.717, 1.165) is 39.1 Å². The van der Waals surface area contributed by atoms with Gasteiger partial charge in [0.2, 0.25) is 5.91 Å². The summed E-state index contributed by atoms with van der Waals surface area (Å²) in [6, 6.07) is 19.0. The lowest BCUT2D eigenvalue weighted by Gasteiger charge is -2.16. The molecule has 39 heavy (non-hydrogen) atoms. The number of ether oxygens (including phenoxy) is 3. The van der Waals surface area contributed by atoms with Crippen LogP contribution in [0.2, 0.25) is 0 Å². The Kier molecular flexibility index (Phi) is 8.56. The highest BCUT2D eigenvalue weighted by atomic mass is 16.5. The molecule has 0 bridgehead atoms. The van der Waals surface area contributed by atoms with E-state index in [1.807, 2.05) is 73.7 Å². The SMILES string of the molecule is COc1ccc2c(c1)C(CC(=O)Nc1ccccc1)=C(C)C2=Cc1cc(OC)c(NCCC(=O)O)c(OC)c1. The number of aliphatic carboxylic acids is 1. The number of fused-ring (bicyclic) bond motifs is 1. The molecule has 3 N–H and O–H groups in total. The van der Waals surface area contributed by atoms with Crippen LogP contribution in [0.1, 0.15) is 36.5 Å². The number of allylic oxidation sites excluding steroid dienone is 2. The van der Waals surface area contributed by atoms with Crippen LogP contribution in [0.4, 0.5) is 11.4 Å². The highest BCUT2D eigenvalue weighted by molar-refractivity contribution is 6.10. The minimum atomic E-state index is -0.895. The van der Waals surface area contributed by atoms with Crippen molar-refractivity contribution in [3.8, 4) is 17.2 Å². The molecule has 8 nitrogen and oxygen atoms in total. The summed E-state index contributed by atoms with van der Waals surface area (Å²) < 4.78 is 16.7. The van der Waals surface area contributed by atoms with E-state index < -0.39 is 5.97 Å². The Hall–Kier alpha value is -4.72. The van der Waals surface area contributed by atoms with Gasteiger partial charge in [0.15, 0.2) is 0 Å². The summed E-state index contributed by atoms with van der Waals surface area (Å²) in [5, 5.41) is 15.1. The molecule has 0 heterocycles. The molecule has 0 radical (unpaired) electrons. The quantitative estimate of drug-likeness (QED) is 0.282. The zero-order valence-electron chi connectivity index (χ0n) is 22.5. The minimum absolute atomic E-state index is 0.0387. The summed E-state index contributed by atoms with van der Waals surface area (Å²) in [6.45, 7) is 2.24. The second-order valence-electron chi connectivity index (χ2n) is 9.03. The van der Waals surface area contributed by atoms with Gasteiger partial charge in [-0.1, -0.05) is 24.3 Å². The number of methoxy groups -OCH3 is 3. The second-order valence-corrected chi connectivity index (χ2v) is 9.03. The van der Waals surface area contributed by atoms with Crippen molar-refractivity contribution in [3.05, 3.63) is 82.9 Å². The summed E-state index contributed by atoms with van der Waals surface area (Å²) in [5.74, 6) is 0.774. The van der Waals surface area contributed by atoms with Gasteiger partial charge in [-0.15, -0.1) is 0 Å². The van der Waals surface area contributed by atoms with Crippen molar-refractivity contribution in [3.63, 3.8) is 0 Å². The number of hydrogen-bond donors (Lipinski definition) is 3. The molecule has 0 atom stereocenters. The molecule has 202 valence electrons. The van der Waals surface area contributed by atoms with E-state index in [0.29, 0.717) is 22.9 Å². The average Bonchev–Trinajstić information content (AvgIpc) is 3.18. The minimum Gasteiger partial charge on any atom is -0.497 e. The molecule has 4 rings (SSSR count). The van der Waals surface area contributed by atoms with Crippen molar-refractivity contribution in [2.75, 3.05) is 38.5 Å². The molecule has 8 heteroatoms. The maximum absolute atomic E-state index is 13.0. The summed E-state index contributed by atoms with van der Waals surface area (Å²) in [4.78, 5) is 24.0. The van der Waals surface area contributed by atoms with E-state index in [4.69, 9.17) is 19.3 Å². The van der Waals surface area contributed by atoms with Gasteiger partial charge in [0.25, 0.3) is 0 Å². The van der Waals surface area contributed by atoms with Crippen molar-refractivity contribution in [1.29, 1.82) is 0 Å². The average molecular weight is 529 g/mol. The van der Waals surface area contributed by atoms with E-state index in [1.54, 1.807) is 21.3 Å². The van der Waals surface area contributed by atoms with Gasteiger partial charge >= 0.3 is 5.97 Å².